The smallest absolute Gasteiger partial charge is 0.323 e. The van der Waals surface area contributed by atoms with Gasteiger partial charge in [-0.15, -0.1) is 11.3 Å². The van der Waals surface area contributed by atoms with Crippen LogP contribution in [0.4, 0.5) is 15.6 Å². The highest BCUT2D eigenvalue weighted by molar-refractivity contribution is 7.14. The van der Waals surface area contributed by atoms with Crippen molar-refractivity contribution >= 4 is 28.2 Å². The van der Waals surface area contributed by atoms with Crippen molar-refractivity contribution in [3.05, 3.63) is 65.5 Å². The quantitative estimate of drug-likeness (QED) is 0.683. The average molecular weight is 409 g/mol. The summed E-state index contributed by atoms with van der Waals surface area (Å²) >= 11 is 1.43. The Balaban J connectivity index is 1.33. The number of benzene rings is 2. The van der Waals surface area contributed by atoms with Gasteiger partial charge in [0.2, 0.25) is 0 Å². The van der Waals surface area contributed by atoms with Gasteiger partial charge in [-0.1, -0.05) is 42.5 Å². The molecule has 29 heavy (non-hydrogen) atoms. The van der Waals surface area contributed by atoms with Gasteiger partial charge in [0, 0.05) is 43.3 Å². The van der Waals surface area contributed by atoms with E-state index >= 15 is 0 Å². The Morgan fingerprint density at radius 1 is 1.14 bits per heavy atom. The van der Waals surface area contributed by atoms with Crippen LogP contribution in [0, 0.1) is 0 Å². The van der Waals surface area contributed by atoms with E-state index in [4.69, 9.17) is 4.74 Å². The second kappa shape index (κ2) is 9.07. The first kappa shape index (κ1) is 19.4. The molecule has 1 saturated heterocycles. The van der Waals surface area contributed by atoms with E-state index < -0.39 is 0 Å². The highest BCUT2D eigenvalue weighted by atomic mass is 32.1. The Bertz CT molecular complexity index is 937. The predicted molar refractivity (Wildman–Crippen MR) is 118 cm³/mol. The normalized spacial score (nSPS) is 13.9. The Morgan fingerprint density at radius 2 is 1.86 bits per heavy atom. The van der Waals surface area contributed by atoms with E-state index in [2.05, 4.69) is 39.5 Å². The van der Waals surface area contributed by atoms with Crippen LogP contribution in [0.3, 0.4) is 0 Å². The maximum absolute atomic E-state index is 12.5. The minimum atomic E-state index is -0.170. The molecule has 7 heteroatoms. The third-order valence-corrected chi connectivity index (χ3v) is 5.62. The molecule has 6 nitrogen and oxygen atoms in total. The highest BCUT2D eigenvalue weighted by Crippen LogP contribution is 2.25. The van der Waals surface area contributed by atoms with Crippen molar-refractivity contribution in [2.75, 3.05) is 43.6 Å². The van der Waals surface area contributed by atoms with E-state index in [1.54, 1.807) is 11.9 Å². The molecule has 150 valence electrons. The van der Waals surface area contributed by atoms with Crippen molar-refractivity contribution in [1.82, 2.24) is 9.88 Å². The second-order valence-electron chi connectivity index (χ2n) is 6.96. The minimum Gasteiger partial charge on any atom is -0.378 e. The van der Waals surface area contributed by atoms with Crippen molar-refractivity contribution in [1.29, 1.82) is 0 Å². The third-order valence-electron chi connectivity index (χ3n) is 4.87. The van der Waals surface area contributed by atoms with Crippen molar-refractivity contribution in [3.63, 3.8) is 0 Å². The molecule has 0 spiro atoms. The molecule has 3 aromatic rings. The first-order valence-electron chi connectivity index (χ1n) is 9.64. The number of urea groups is 1. The van der Waals surface area contributed by atoms with E-state index in [9.17, 15) is 4.79 Å². The first-order chi connectivity index (χ1) is 14.2. The number of hydrogen-bond acceptors (Lipinski definition) is 5. The van der Waals surface area contributed by atoms with E-state index in [-0.39, 0.29) is 6.03 Å². The second-order valence-corrected chi connectivity index (χ2v) is 7.81. The Hall–Kier alpha value is -2.90. The van der Waals surface area contributed by atoms with E-state index in [0.29, 0.717) is 11.7 Å². The number of rotatable bonds is 5. The lowest BCUT2D eigenvalue weighted by Crippen LogP contribution is -2.36. The summed E-state index contributed by atoms with van der Waals surface area (Å²) in [7, 11) is 1.79. The molecular formula is C22H24N4O2S. The van der Waals surface area contributed by atoms with Crippen LogP contribution in [0.2, 0.25) is 0 Å². The van der Waals surface area contributed by atoms with Gasteiger partial charge in [0.1, 0.15) is 0 Å². The summed E-state index contributed by atoms with van der Waals surface area (Å²) in [5.41, 5.74) is 4.19. The van der Waals surface area contributed by atoms with Gasteiger partial charge in [0.25, 0.3) is 0 Å². The van der Waals surface area contributed by atoms with Crippen molar-refractivity contribution < 1.29 is 9.53 Å². The number of aromatic nitrogens is 1. The zero-order valence-electron chi connectivity index (χ0n) is 16.4. The molecule has 0 radical (unpaired) electrons. The fourth-order valence-corrected chi connectivity index (χ4v) is 3.95. The summed E-state index contributed by atoms with van der Waals surface area (Å²) in [6.07, 6.45) is 0. The molecule has 1 aromatic heterocycles. The predicted octanol–water partition coefficient (Wildman–Crippen LogP) is 4.31. The van der Waals surface area contributed by atoms with Crippen LogP contribution in [-0.2, 0) is 11.3 Å². The highest BCUT2D eigenvalue weighted by Gasteiger charge is 2.14. The molecule has 0 bridgehead atoms. The third kappa shape index (κ3) is 4.93. The molecule has 1 fully saturated rings. The van der Waals surface area contributed by atoms with Crippen molar-refractivity contribution in [2.45, 2.75) is 6.54 Å². The molecule has 0 unspecified atom stereocenters. The number of nitrogens with one attached hydrogen (secondary N) is 1. The largest absolute Gasteiger partial charge is 0.378 e. The average Bonchev–Trinajstić information content (AvgIpc) is 3.24. The molecule has 4 rings (SSSR count). The molecule has 1 N–H and O–H groups in total. The lowest BCUT2D eigenvalue weighted by molar-refractivity contribution is 0.122. The van der Waals surface area contributed by atoms with Crippen LogP contribution in [0.15, 0.2) is 60.0 Å². The number of hydrogen-bond donors (Lipinski definition) is 1. The van der Waals surface area contributed by atoms with Gasteiger partial charge in [-0.25, -0.2) is 9.78 Å². The maximum atomic E-state index is 12.5. The fourth-order valence-electron chi connectivity index (χ4n) is 3.24. The van der Waals surface area contributed by atoms with Gasteiger partial charge in [0.05, 0.1) is 18.9 Å². The Labute approximate surface area is 174 Å². The van der Waals surface area contributed by atoms with Crippen LogP contribution in [0.1, 0.15) is 5.56 Å². The molecular weight excluding hydrogens is 384 g/mol. The van der Waals surface area contributed by atoms with Gasteiger partial charge in [0.15, 0.2) is 5.13 Å². The number of morpholine rings is 1. The standard InChI is InChI=1S/C22H24N4O2S/c1-25(15-17-7-9-19(10-8-17)26-11-13-28-14-12-26)22(27)24-21-23-20(16-29-21)18-5-3-2-4-6-18/h2-10,16H,11-15H2,1H3,(H,23,24,27). The van der Waals surface area contributed by atoms with Gasteiger partial charge >= 0.3 is 6.03 Å². The van der Waals surface area contributed by atoms with E-state index in [0.717, 1.165) is 43.1 Å². The molecule has 1 aliphatic heterocycles. The van der Waals surface area contributed by atoms with Crippen LogP contribution in [-0.4, -0.2) is 49.3 Å². The number of nitrogens with zero attached hydrogens (tertiary/aromatic N) is 3. The molecule has 0 aliphatic carbocycles. The Kier molecular flexibility index (Phi) is 6.07. The number of carbonyl (C=O) groups is 1. The lowest BCUT2D eigenvalue weighted by Gasteiger charge is -2.29. The molecule has 2 aromatic carbocycles. The van der Waals surface area contributed by atoms with Crippen LogP contribution in [0.5, 0.6) is 0 Å². The van der Waals surface area contributed by atoms with Crippen LogP contribution >= 0.6 is 11.3 Å². The van der Waals surface area contributed by atoms with Gasteiger partial charge in [-0.2, -0.15) is 0 Å². The number of carbonyl (C=O) groups excluding carboxylic acids is 1. The summed E-state index contributed by atoms with van der Waals surface area (Å²) in [6.45, 7) is 3.91. The van der Waals surface area contributed by atoms with Gasteiger partial charge in [-0.05, 0) is 17.7 Å². The number of thiazole rings is 1. The molecule has 2 amide bonds. The monoisotopic (exact) mass is 408 g/mol. The number of amides is 2. The zero-order chi connectivity index (χ0) is 20.1. The Morgan fingerprint density at radius 3 is 2.59 bits per heavy atom. The SMILES string of the molecule is CN(Cc1ccc(N2CCOCC2)cc1)C(=O)Nc1nc(-c2ccccc2)cs1. The molecule has 0 saturated carbocycles. The first-order valence-corrected chi connectivity index (χ1v) is 10.5. The molecule has 0 atom stereocenters. The summed E-state index contributed by atoms with van der Waals surface area (Å²) < 4.78 is 5.40. The van der Waals surface area contributed by atoms with Crippen LogP contribution in [0.25, 0.3) is 11.3 Å². The van der Waals surface area contributed by atoms with Gasteiger partial charge < -0.3 is 14.5 Å². The van der Waals surface area contributed by atoms with Gasteiger partial charge in [-0.3, -0.25) is 5.32 Å². The molecule has 1 aliphatic rings. The van der Waals surface area contributed by atoms with Crippen molar-refractivity contribution in [2.24, 2.45) is 0 Å². The number of anilines is 2. The summed E-state index contributed by atoms with van der Waals surface area (Å²) in [6, 6.07) is 18.1. The van der Waals surface area contributed by atoms with Crippen LogP contribution < -0.4 is 10.2 Å². The zero-order valence-corrected chi connectivity index (χ0v) is 17.2. The summed E-state index contributed by atoms with van der Waals surface area (Å²) in [5.74, 6) is 0. The fraction of sp³-hybridized carbons (Fsp3) is 0.273. The number of ether oxygens (including phenoxy) is 1. The van der Waals surface area contributed by atoms with E-state index in [1.165, 1.54) is 17.0 Å². The van der Waals surface area contributed by atoms with Crippen molar-refractivity contribution in [3.8, 4) is 11.3 Å². The topological polar surface area (TPSA) is 57.7 Å². The maximum Gasteiger partial charge on any atom is 0.323 e. The summed E-state index contributed by atoms with van der Waals surface area (Å²) in [4.78, 5) is 21.0. The molecule has 2 heterocycles. The summed E-state index contributed by atoms with van der Waals surface area (Å²) in [5, 5.41) is 5.44. The van der Waals surface area contributed by atoms with E-state index in [1.807, 2.05) is 35.7 Å². The minimum absolute atomic E-state index is 0.170. The lowest BCUT2D eigenvalue weighted by atomic mass is 10.2.